The zero-order valence-corrected chi connectivity index (χ0v) is 11.3. The first-order valence-electron chi connectivity index (χ1n) is 6.12. The fourth-order valence-electron chi connectivity index (χ4n) is 2.04. The minimum Gasteiger partial charge on any atom is -0.507 e. The number of carbonyl (C=O) groups excluding carboxylic acids is 1. The molecule has 3 rings (SSSR count). The Hall–Kier alpha value is -1.99. The smallest absolute Gasteiger partial charge is 0.261 e. The van der Waals surface area contributed by atoms with Crippen molar-refractivity contribution in [1.29, 1.82) is 0 Å². The summed E-state index contributed by atoms with van der Waals surface area (Å²) < 4.78 is 12.9. The number of amides is 1. The average Bonchev–Trinajstić information content (AvgIpc) is 2.80. The van der Waals surface area contributed by atoms with E-state index in [9.17, 15) is 14.3 Å². The van der Waals surface area contributed by atoms with Crippen LogP contribution in [0.1, 0.15) is 20.9 Å². The van der Waals surface area contributed by atoms with Crippen molar-refractivity contribution in [3.05, 3.63) is 40.2 Å². The molecule has 0 atom stereocenters. The fourth-order valence-corrected chi connectivity index (χ4v) is 3.01. The van der Waals surface area contributed by atoms with E-state index in [-0.39, 0.29) is 11.3 Å². The Bertz CT molecular complexity index is 648. The molecule has 3 N–H and O–H groups in total. The molecule has 2 aromatic rings. The Kier molecular flexibility index (Phi) is 3.37. The number of aromatic hydroxyl groups is 1. The summed E-state index contributed by atoms with van der Waals surface area (Å²) in [6, 6.07) is 3.28. The molecular weight excluding hydrogens is 281 g/mol. The molecular formula is C13H12FN3O2S. The quantitative estimate of drug-likeness (QED) is 0.790. The molecule has 1 aliphatic rings. The van der Waals surface area contributed by atoms with Gasteiger partial charge in [0.2, 0.25) is 0 Å². The van der Waals surface area contributed by atoms with E-state index in [1.807, 2.05) is 0 Å². The van der Waals surface area contributed by atoms with Gasteiger partial charge in [-0.2, -0.15) is 0 Å². The van der Waals surface area contributed by atoms with Gasteiger partial charge in [0, 0.05) is 30.5 Å². The minimum atomic E-state index is -0.588. The second-order valence-electron chi connectivity index (χ2n) is 4.43. The van der Waals surface area contributed by atoms with Gasteiger partial charge in [-0.15, -0.1) is 11.3 Å². The van der Waals surface area contributed by atoms with Crippen molar-refractivity contribution in [2.75, 3.05) is 11.9 Å². The lowest BCUT2D eigenvalue weighted by molar-refractivity contribution is 0.102. The summed E-state index contributed by atoms with van der Waals surface area (Å²) >= 11 is 1.41. The van der Waals surface area contributed by atoms with Crippen molar-refractivity contribution in [3.63, 3.8) is 0 Å². The maximum absolute atomic E-state index is 12.9. The zero-order chi connectivity index (χ0) is 14.1. The number of fused-ring (bicyclic) bond motifs is 1. The van der Waals surface area contributed by atoms with E-state index in [4.69, 9.17) is 0 Å². The van der Waals surface area contributed by atoms with Gasteiger partial charge in [-0.1, -0.05) is 0 Å². The number of hydrogen-bond donors (Lipinski definition) is 3. The standard InChI is InChI=1S/C13H12FN3O2S/c14-7-1-2-8(10(18)5-7)12(19)17-13-16-9-3-4-15-6-11(9)20-13/h1-2,5,15,18H,3-4,6H2,(H,16,17,19). The molecule has 1 amide bonds. The number of hydrogen-bond acceptors (Lipinski definition) is 5. The number of rotatable bonds is 2. The Morgan fingerprint density at radius 1 is 1.50 bits per heavy atom. The monoisotopic (exact) mass is 293 g/mol. The first-order chi connectivity index (χ1) is 9.63. The molecule has 0 unspecified atom stereocenters. The van der Waals surface area contributed by atoms with Crippen LogP contribution in [0.3, 0.4) is 0 Å². The minimum absolute atomic E-state index is 0.0256. The van der Waals surface area contributed by atoms with Gasteiger partial charge in [0.1, 0.15) is 11.6 Å². The molecule has 0 fully saturated rings. The molecule has 20 heavy (non-hydrogen) atoms. The molecule has 2 heterocycles. The summed E-state index contributed by atoms with van der Waals surface area (Å²) in [6.07, 6.45) is 0.837. The predicted octanol–water partition coefficient (Wildman–Crippen LogP) is 1.89. The first-order valence-corrected chi connectivity index (χ1v) is 6.94. The molecule has 0 bridgehead atoms. The lowest BCUT2D eigenvalue weighted by atomic mass is 10.2. The lowest BCUT2D eigenvalue weighted by Crippen LogP contribution is -2.22. The second kappa shape index (κ2) is 5.18. The van der Waals surface area contributed by atoms with E-state index in [2.05, 4.69) is 15.6 Å². The molecule has 0 aliphatic carbocycles. The van der Waals surface area contributed by atoms with Gasteiger partial charge in [0.15, 0.2) is 5.13 Å². The predicted molar refractivity (Wildman–Crippen MR) is 73.5 cm³/mol. The van der Waals surface area contributed by atoms with Crippen LogP contribution in [0, 0.1) is 5.82 Å². The number of nitrogens with zero attached hydrogens (tertiary/aromatic N) is 1. The van der Waals surface area contributed by atoms with Gasteiger partial charge in [-0.3, -0.25) is 10.1 Å². The van der Waals surface area contributed by atoms with Crippen LogP contribution in [-0.2, 0) is 13.0 Å². The molecule has 0 spiro atoms. The van der Waals surface area contributed by atoms with Gasteiger partial charge in [0.05, 0.1) is 11.3 Å². The van der Waals surface area contributed by atoms with Gasteiger partial charge >= 0.3 is 0 Å². The SMILES string of the molecule is O=C(Nc1nc2c(s1)CNCC2)c1ccc(F)cc1O. The summed E-state index contributed by atoms with van der Waals surface area (Å²) in [6.45, 7) is 1.63. The van der Waals surface area contributed by atoms with E-state index < -0.39 is 11.7 Å². The Morgan fingerprint density at radius 2 is 2.35 bits per heavy atom. The van der Waals surface area contributed by atoms with Gasteiger partial charge < -0.3 is 10.4 Å². The fraction of sp³-hybridized carbons (Fsp3) is 0.231. The first kappa shape index (κ1) is 13.0. The number of nitrogens with one attached hydrogen (secondary N) is 2. The molecule has 1 aliphatic heterocycles. The maximum Gasteiger partial charge on any atom is 0.261 e. The van der Waals surface area contributed by atoms with Crippen LogP contribution >= 0.6 is 11.3 Å². The third kappa shape index (κ3) is 2.50. The van der Waals surface area contributed by atoms with E-state index >= 15 is 0 Å². The molecule has 0 saturated heterocycles. The lowest BCUT2D eigenvalue weighted by Gasteiger charge is -2.09. The highest BCUT2D eigenvalue weighted by Gasteiger charge is 2.18. The van der Waals surface area contributed by atoms with Crippen LogP contribution < -0.4 is 10.6 Å². The zero-order valence-electron chi connectivity index (χ0n) is 10.4. The Morgan fingerprint density at radius 3 is 3.10 bits per heavy atom. The number of anilines is 1. The average molecular weight is 293 g/mol. The van der Waals surface area contributed by atoms with Crippen molar-refractivity contribution in [2.45, 2.75) is 13.0 Å². The van der Waals surface area contributed by atoms with Crippen molar-refractivity contribution >= 4 is 22.4 Å². The summed E-state index contributed by atoms with van der Waals surface area (Å²) in [5.74, 6) is -1.47. The molecule has 0 saturated carbocycles. The summed E-state index contributed by atoms with van der Waals surface area (Å²) in [5, 5.41) is 15.9. The summed E-state index contributed by atoms with van der Waals surface area (Å²) in [5.41, 5.74) is 1.02. The summed E-state index contributed by atoms with van der Waals surface area (Å²) in [7, 11) is 0. The highest BCUT2D eigenvalue weighted by atomic mass is 32.1. The van der Waals surface area contributed by atoms with Crippen molar-refractivity contribution in [2.24, 2.45) is 0 Å². The van der Waals surface area contributed by atoms with E-state index in [1.165, 1.54) is 17.4 Å². The topological polar surface area (TPSA) is 74.2 Å². The Balaban J connectivity index is 1.80. The van der Waals surface area contributed by atoms with Crippen LogP contribution in [0.4, 0.5) is 9.52 Å². The van der Waals surface area contributed by atoms with Crippen molar-refractivity contribution < 1.29 is 14.3 Å². The van der Waals surface area contributed by atoms with Crippen LogP contribution in [0.15, 0.2) is 18.2 Å². The molecule has 1 aromatic carbocycles. The second-order valence-corrected chi connectivity index (χ2v) is 5.51. The van der Waals surface area contributed by atoms with Crippen molar-refractivity contribution in [1.82, 2.24) is 10.3 Å². The third-order valence-corrected chi connectivity index (χ3v) is 4.04. The van der Waals surface area contributed by atoms with E-state index in [1.54, 1.807) is 0 Å². The molecule has 5 nitrogen and oxygen atoms in total. The van der Waals surface area contributed by atoms with Crippen LogP contribution in [0.5, 0.6) is 5.75 Å². The number of benzene rings is 1. The number of thiazole rings is 1. The van der Waals surface area contributed by atoms with E-state index in [0.29, 0.717) is 5.13 Å². The summed E-state index contributed by atoms with van der Waals surface area (Å²) in [4.78, 5) is 17.5. The number of phenolic OH excluding ortho intramolecular Hbond substituents is 1. The number of aromatic nitrogens is 1. The molecule has 0 radical (unpaired) electrons. The maximum atomic E-state index is 12.9. The number of carbonyl (C=O) groups is 1. The van der Waals surface area contributed by atoms with Crippen LogP contribution in [0.25, 0.3) is 0 Å². The molecule has 7 heteroatoms. The molecule has 1 aromatic heterocycles. The Labute approximate surface area is 118 Å². The highest BCUT2D eigenvalue weighted by molar-refractivity contribution is 7.15. The van der Waals surface area contributed by atoms with Gasteiger partial charge in [-0.05, 0) is 12.1 Å². The van der Waals surface area contributed by atoms with E-state index in [0.717, 1.165) is 42.2 Å². The van der Waals surface area contributed by atoms with Crippen molar-refractivity contribution in [3.8, 4) is 5.75 Å². The van der Waals surface area contributed by atoms with Gasteiger partial charge in [0.25, 0.3) is 5.91 Å². The van der Waals surface area contributed by atoms with Gasteiger partial charge in [-0.25, -0.2) is 9.37 Å². The number of halogens is 1. The van der Waals surface area contributed by atoms with Crippen LogP contribution in [-0.4, -0.2) is 22.5 Å². The third-order valence-electron chi connectivity index (χ3n) is 3.03. The normalized spacial score (nSPS) is 13.8. The van der Waals surface area contributed by atoms with Crippen LogP contribution in [0.2, 0.25) is 0 Å². The largest absolute Gasteiger partial charge is 0.507 e. The highest BCUT2D eigenvalue weighted by Crippen LogP contribution is 2.26. The molecule has 104 valence electrons. The number of phenols is 1.